The maximum atomic E-state index is 13.6. The lowest BCUT2D eigenvalue weighted by atomic mass is 10.1. The van der Waals surface area contributed by atoms with Gasteiger partial charge < -0.3 is 19.1 Å². The summed E-state index contributed by atoms with van der Waals surface area (Å²) in [5.74, 6) is -0.333. The van der Waals surface area contributed by atoms with E-state index in [2.05, 4.69) is 9.71 Å². The lowest BCUT2D eigenvalue weighted by Crippen LogP contribution is -2.32. The molecule has 2 aromatic heterocycles. The fourth-order valence-corrected chi connectivity index (χ4v) is 5.50. The first-order valence-electron chi connectivity index (χ1n) is 9.68. The van der Waals surface area contributed by atoms with Crippen LogP contribution in [-0.2, 0) is 11.3 Å². The quantitative estimate of drug-likeness (QED) is 0.346. The molecule has 9 heteroatoms. The number of aromatic hydroxyl groups is 1. The fourth-order valence-electron chi connectivity index (χ4n) is 3.62. The molecule has 1 aliphatic heterocycles. The Morgan fingerprint density at radius 2 is 1.91 bits per heavy atom. The maximum absolute atomic E-state index is 13.6. The third kappa shape index (κ3) is 3.35. The van der Waals surface area contributed by atoms with Crippen molar-refractivity contribution in [3.63, 3.8) is 0 Å². The van der Waals surface area contributed by atoms with Crippen molar-refractivity contribution in [2.24, 2.45) is 4.99 Å². The Morgan fingerprint density at radius 1 is 1.16 bits per heavy atom. The summed E-state index contributed by atoms with van der Waals surface area (Å²) >= 11 is 2.45. The summed E-state index contributed by atoms with van der Waals surface area (Å²) in [6.45, 7) is 0.352. The predicted molar refractivity (Wildman–Crippen MR) is 126 cm³/mol. The van der Waals surface area contributed by atoms with E-state index in [1.165, 1.54) is 30.4 Å². The number of benzene rings is 2. The molecule has 2 N–H and O–H groups in total. The van der Waals surface area contributed by atoms with Gasteiger partial charge in [-0.3, -0.25) is 4.79 Å². The number of methoxy groups -OCH3 is 1. The van der Waals surface area contributed by atoms with Crippen molar-refractivity contribution in [2.75, 3.05) is 7.11 Å². The molecule has 0 unspecified atom stereocenters. The Labute approximate surface area is 191 Å². The van der Waals surface area contributed by atoms with Gasteiger partial charge in [-0.05, 0) is 29.6 Å². The average molecular weight is 464 g/mol. The van der Waals surface area contributed by atoms with Crippen LogP contribution in [-0.4, -0.2) is 28.6 Å². The van der Waals surface area contributed by atoms with Gasteiger partial charge in [-0.1, -0.05) is 42.5 Å². The van der Waals surface area contributed by atoms with Crippen molar-refractivity contribution < 1.29 is 14.6 Å². The van der Waals surface area contributed by atoms with Crippen LogP contribution in [0.25, 0.3) is 10.9 Å². The zero-order valence-electron chi connectivity index (χ0n) is 16.9. The number of esters is 1. The van der Waals surface area contributed by atoms with Crippen LogP contribution in [0.2, 0.25) is 0 Å². The second-order valence-electron chi connectivity index (χ2n) is 7.06. The van der Waals surface area contributed by atoms with E-state index >= 15 is 0 Å². The van der Waals surface area contributed by atoms with E-state index in [1.807, 2.05) is 48.5 Å². The van der Waals surface area contributed by atoms with Gasteiger partial charge in [0, 0.05) is 10.8 Å². The first-order valence-corrected chi connectivity index (χ1v) is 11.4. The van der Waals surface area contributed by atoms with Crippen LogP contribution < -0.4 is 10.3 Å². The third-order valence-electron chi connectivity index (χ3n) is 5.16. The fraction of sp³-hybridized carbons (Fsp3) is 0.0870. The molecule has 0 amide bonds. The first kappa shape index (κ1) is 20.3. The average Bonchev–Trinajstić information content (AvgIpc) is 3.25. The topological polar surface area (TPSA) is 92.9 Å². The van der Waals surface area contributed by atoms with Crippen molar-refractivity contribution in [1.29, 1.82) is 0 Å². The highest BCUT2D eigenvalue weighted by molar-refractivity contribution is 7.98. The summed E-state index contributed by atoms with van der Waals surface area (Å²) in [6, 6.07) is 16.9. The van der Waals surface area contributed by atoms with Crippen molar-refractivity contribution in [1.82, 2.24) is 9.29 Å². The van der Waals surface area contributed by atoms with Gasteiger partial charge in [0.15, 0.2) is 5.84 Å². The van der Waals surface area contributed by atoms with E-state index in [0.717, 1.165) is 5.56 Å². The minimum Gasteiger partial charge on any atom is -0.506 e. The molecule has 0 radical (unpaired) electrons. The van der Waals surface area contributed by atoms with Gasteiger partial charge in [-0.2, -0.15) is 0 Å². The molecular weight excluding hydrogens is 446 g/mol. The molecule has 160 valence electrons. The lowest BCUT2D eigenvalue weighted by Gasteiger charge is -2.19. The molecule has 1 aliphatic rings. The van der Waals surface area contributed by atoms with Crippen LogP contribution in [0.5, 0.6) is 5.75 Å². The number of aliphatic imine (C=N–C) groups is 1. The number of nitrogens with one attached hydrogen (secondary N) is 1. The van der Waals surface area contributed by atoms with E-state index in [4.69, 9.17) is 4.74 Å². The Balaban J connectivity index is 1.69. The van der Waals surface area contributed by atoms with Gasteiger partial charge >= 0.3 is 5.97 Å². The van der Waals surface area contributed by atoms with Gasteiger partial charge in [0.25, 0.3) is 5.56 Å². The number of fused-ring (bicyclic) bond motifs is 2. The first-order chi connectivity index (χ1) is 15.6. The van der Waals surface area contributed by atoms with Crippen LogP contribution in [0.4, 0.5) is 5.00 Å². The van der Waals surface area contributed by atoms with Gasteiger partial charge in [0.2, 0.25) is 0 Å². The van der Waals surface area contributed by atoms with Crippen molar-refractivity contribution in [2.45, 2.75) is 11.4 Å². The van der Waals surface area contributed by atoms with E-state index in [-0.39, 0.29) is 22.7 Å². The number of hydrogen-bond donors (Lipinski definition) is 2. The second kappa shape index (κ2) is 8.18. The molecule has 0 saturated heterocycles. The Morgan fingerprint density at radius 3 is 2.69 bits per heavy atom. The molecule has 7 nitrogen and oxygen atoms in total. The van der Waals surface area contributed by atoms with Gasteiger partial charge in [0.1, 0.15) is 16.3 Å². The number of rotatable bonds is 4. The molecule has 0 aliphatic carbocycles. The van der Waals surface area contributed by atoms with Crippen LogP contribution >= 0.6 is 23.3 Å². The highest BCUT2D eigenvalue weighted by Gasteiger charge is 2.27. The molecular formula is C23H17N3O4S2. The molecule has 2 aromatic carbocycles. The zero-order chi connectivity index (χ0) is 22.2. The van der Waals surface area contributed by atoms with Crippen LogP contribution in [0, 0.1) is 0 Å². The predicted octanol–water partition coefficient (Wildman–Crippen LogP) is 4.29. The van der Waals surface area contributed by atoms with E-state index < -0.39 is 5.97 Å². The molecule has 0 atom stereocenters. The Kier molecular flexibility index (Phi) is 5.20. The van der Waals surface area contributed by atoms with Crippen LogP contribution in [0.15, 0.2) is 74.7 Å². The summed E-state index contributed by atoms with van der Waals surface area (Å²) in [5.41, 5.74) is 1.75. The summed E-state index contributed by atoms with van der Waals surface area (Å²) < 4.78 is 9.48. The number of nitrogens with zero attached hydrogens (tertiary/aromatic N) is 2. The molecule has 0 bridgehead atoms. The largest absolute Gasteiger partial charge is 0.506 e. The number of carbonyl (C=O) groups is 1. The number of ether oxygens (including phenoxy) is 1. The normalized spacial score (nSPS) is 12.7. The number of para-hydroxylation sites is 1. The molecule has 0 spiro atoms. The third-order valence-corrected chi connectivity index (χ3v) is 7.08. The molecule has 4 aromatic rings. The molecule has 5 rings (SSSR count). The van der Waals surface area contributed by atoms with Crippen LogP contribution in [0.1, 0.15) is 21.5 Å². The van der Waals surface area contributed by atoms with Crippen LogP contribution in [0.3, 0.4) is 0 Å². The van der Waals surface area contributed by atoms with Crippen molar-refractivity contribution >= 4 is 51.0 Å². The SMILES string of the molecule is COC(=O)c1csc2c1SNC(c1c(O)c3ccccc3n(Cc3ccccc3)c1=O)=N2. The van der Waals surface area contributed by atoms with Crippen molar-refractivity contribution in [3.8, 4) is 5.75 Å². The molecule has 0 saturated carbocycles. The van der Waals surface area contributed by atoms with Crippen molar-refractivity contribution in [3.05, 3.63) is 87.0 Å². The highest BCUT2D eigenvalue weighted by atomic mass is 32.2. The summed E-state index contributed by atoms with van der Waals surface area (Å²) in [4.78, 5) is 30.7. The summed E-state index contributed by atoms with van der Waals surface area (Å²) in [6.07, 6.45) is 0. The number of aromatic nitrogens is 1. The number of carbonyl (C=O) groups excluding carboxylic acids is 1. The molecule has 0 fully saturated rings. The monoisotopic (exact) mass is 463 g/mol. The number of hydrogen-bond acceptors (Lipinski definition) is 8. The standard InChI is InChI=1S/C23H17N3O4S2/c1-30-23(29)15-12-31-21-19(15)32-25-20(24-21)17-18(27)14-9-5-6-10-16(14)26(22(17)28)11-13-7-3-2-4-8-13/h2-10,12,27H,11H2,1H3,(H,24,25). The van der Waals surface area contributed by atoms with E-state index in [1.54, 1.807) is 16.0 Å². The highest BCUT2D eigenvalue weighted by Crippen LogP contribution is 2.41. The maximum Gasteiger partial charge on any atom is 0.340 e. The van der Waals surface area contributed by atoms with Gasteiger partial charge in [-0.25, -0.2) is 9.79 Å². The Hall–Kier alpha value is -3.56. The number of thiophene rings is 1. The number of pyridine rings is 1. The zero-order valence-corrected chi connectivity index (χ0v) is 18.5. The Bertz CT molecular complexity index is 1440. The smallest absolute Gasteiger partial charge is 0.340 e. The minimum atomic E-state index is -0.450. The van der Waals surface area contributed by atoms with Gasteiger partial charge in [-0.15, -0.1) is 11.3 Å². The molecule has 3 heterocycles. The minimum absolute atomic E-state index is 0.0887. The summed E-state index contributed by atoms with van der Waals surface area (Å²) in [5, 5.41) is 13.8. The number of amidine groups is 1. The van der Waals surface area contributed by atoms with Gasteiger partial charge in [0.05, 0.1) is 29.6 Å². The van der Waals surface area contributed by atoms with E-state index in [0.29, 0.717) is 32.9 Å². The second-order valence-corrected chi connectivity index (χ2v) is 8.73. The molecule has 32 heavy (non-hydrogen) atoms. The lowest BCUT2D eigenvalue weighted by molar-refractivity contribution is 0.0597. The summed E-state index contributed by atoms with van der Waals surface area (Å²) in [7, 11) is 1.32. The van der Waals surface area contributed by atoms with E-state index in [9.17, 15) is 14.7 Å².